The molecule has 0 aliphatic rings. The maximum absolute atomic E-state index is 11.9. The second-order valence-corrected chi connectivity index (χ2v) is 5.70. The number of hydrogen-bond donors (Lipinski definition) is 1. The van der Waals surface area contributed by atoms with Crippen LogP contribution in [0.15, 0.2) is 53.1 Å². The minimum atomic E-state index is -0.558. The second-order valence-electron chi connectivity index (χ2n) is 5.70. The fraction of sp³-hybridized carbons (Fsp3) is 0.150. The molecule has 2 aromatic carbocycles. The number of phenolic OH excluding ortho intramolecular Hbond substituents is 1. The van der Waals surface area contributed by atoms with Crippen molar-refractivity contribution < 1.29 is 23.9 Å². The van der Waals surface area contributed by atoms with Gasteiger partial charge in [-0.2, -0.15) is 4.98 Å². The van der Waals surface area contributed by atoms with E-state index in [-0.39, 0.29) is 18.2 Å². The first kappa shape index (κ1) is 18.2. The van der Waals surface area contributed by atoms with Gasteiger partial charge in [-0.1, -0.05) is 35.5 Å². The van der Waals surface area contributed by atoms with E-state index < -0.39 is 5.97 Å². The van der Waals surface area contributed by atoms with Crippen molar-refractivity contribution >= 4 is 12.0 Å². The van der Waals surface area contributed by atoms with Gasteiger partial charge in [-0.3, -0.25) is 0 Å². The predicted molar refractivity (Wildman–Crippen MR) is 98.0 cm³/mol. The molecule has 0 radical (unpaired) electrons. The molecule has 0 atom stereocenters. The molecule has 0 amide bonds. The molecular formula is C20H18N2O5. The number of ether oxygens (including phenoxy) is 2. The average molecular weight is 366 g/mol. The number of aryl methyl sites for hydroxylation is 1. The highest BCUT2D eigenvalue weighted by atomic mass is 16.6. The first-order valence-corrected chi connectivity index (χ1v) is 8.17. The van der Waals surface area contributed by atoms with Gasteiger partial charge < -0.3 is 19.1 Å². The van der Waals surface area contributed by atoms with Crippen molar-refractivity contribution in [1.82, 2.24) is 10.1 Å². The van der Waals surface area contributed by atoms with Crippen LogP contribution in [0.3, 0.4) is 0 Å². The molecule has 138 valence electrons. The van der Waals surface area contributed by atoms with Crippen LogP contribution >= 0.6 is 0 Å². The lowest BCUT2D eigenvalue weighted by molar-refractivity contribution is -0.139. The van der Waals surface area contributed by atoms with E-state index >= 15 is 0 Å². The summed E-state index contributed by atoms with van der Waals surface area (Å²) in [7, 11) is 1.45. The molecule has 1 N–H and O–H groups in total. The lowest BCUT2D eigenvalue weighted by atomic mass is 10.1. The zero-order valence-electron chi connectivity index (χ0n) is 14.9. The smallest absolute Gasteiger partial charge is 0.331 e. The largest absolute Gasteiger partial charge is 0.504 e. The SMILES string of the molecule is COc1cc(/C=C/C(=O)OCc2nc(-c3ccccc3C)no2)ccc1O. The van der Waals surface area contributed by atoms with Crippen LogP contribution in [0.25, 0.3) is 17.5 Å². The van der Waals surface area contributed by atoms with Crippen LogP contribution in [0.2, 0.25) is 0 Å². The summed E-state index contributed by atoms with van der Waals surface area (Å²) in [5.41, 5.74) is 2.57. The summed E-state index contributed by atoms with van der Waals surface area (Å²) in [4.78, 5) is 16.1. The summed E-state index contributed by atoms with van der Waals surface area (Å²) in [6.45, 7) is 1.83. The Hall–Kier alpha value is -3.61. The van der Waals surface area contributed by atoms with E-state index in [1.807, 2.05) is 31.2 Å². The van der Waals surface area contributed by atoms with Gasteiger partial charge in [0.1, 0.15) is 0 Å². The van der Waals surface area contributed by atoms with Crippen LogP contribution < -0.4 is 4.74 Å². The topological polar surface area (TPSA) is 94.7 Å². The van der Waals surface area contributed by atoms with E-state index in [4.69, 9.17) is 14.0 Å². The standard InChI is InChI=1S/C20H18N2O5/c1-13-5-3-4-6-15(13)20-21-18(27-22-20)12-26-19(24)10-8-14-7-9-16(23)17(11-14)25-2/h3-11,23H,12H2,1-2H3/b10-8+. The average Bonchev–Trinajstić information content (AvgIpc) is 3.15. The van der Waals surface area contributed by atoms with E-state index in [0.29, 0.717) is 17.1 Å². The molecule has 0 saturated heterocycles. The lowest BCUT2D eigenvalue weighted by Crippen LogP contribution is -2.01. The summed E-state index contributed by atoms with van der Waals surface area (Å²) in [5.74, 6) is 0.447. The normalized spacial score (nSPS) is 10.9. The Kier molecular flexibility index (Phi) is 5.51. The van der Waals surface area contributed by atoms with Crippen molar-refractivity contribution in [3.8, 4) is 22.9 Å². The fourth-order valence-corrected chi connectivity index (χ4v) is 2.39. The number of hydrogen-bond acceptors (Lipinski definition) is 7. The van der Waals surface area contributed by atoms with E-state index in [1.165, 1.54) is 19.3 Å². The Morgan fingerprint density at radius 3 is 2.85 bits per heavy atom. The highest BCUT2D eigenvalue weighted by Gasteiger charge is 2.11. The molecule has 0 unspecified atom stereocenters. The number of aromatic nitrogens is 2. The minimum Gasteiger partial charge on any atom is -0.504 e. The van der Waals surface area contributed by atoms with Gasteiger partial charge in [0.15, 0.2) is 18.1 Å². The molecule has 7 heteroatoms. The number of rotatable bonds is 6. The molecule has 0 aliphatic heterocycles. The van der Waals surface area contributed by atoms with Crippen molar-refractivity contribution in [3.63, 3.8) is 0 Å². The van der Waals surface area contributed by atoms with Crippen LogP contribution in [0.5, 0.6) is 11.5 Å². The van der Waals surface area contributed by atoms with E-state index in [1.54, 1.807) is 18.2 Å². The number of esters is 1. The number of aromatic hydroxyl groups is 1. The highest BCUT2D eigenvalue weighted by Crippen LogP contribution is 2.26. The predicted octanol–water partition coefficient (Wildman–Crippen LogP) is 3.52. The Bertz CT molecular complexity index is 978. The summed E-state index contributed by atoms with van der Waals surface area (Å²) >= 11 is 0. The Labute approximate surface area is 155 Å². The zero-order valence-corrected chi connectivity index (χ0v) is 14.9. The van der Waals surface area contributed by atoms with Crippen molar-refractivity contribution in [2.45, 2.75) is 13.5 Å². The molecule has 3 rings (SSSR count). The van der Waals surface area contributed by atoms with Crippen LogP contribution in [0, 0.1) is 6.92 Å². The van der Waals surface area contributed by atoms with Crippen LogP contribution in [0.1, 0.15) is 17.0 Å². The molecule has 1 heterocycles. The first-order chi connectivity index (χ1) is 13.1. The summed E-state index contributed by atoms with van der Waals surface area (Å²) < 4.78 is 15.2. The summed E-state index contributed by atoms with van der Waals surface area (Å²) in [5, 5.41) is 13.5. The number of methoxy groups -OCH3 is 1. The van der Waals surface area contributed by atoms with Crippen LogP contribution in [-0.4, -0.2) is 28.3 Å². The number of carbonyl (C=O) groups is 1. The third-order valence-corrected chi connectivity index (χ3v) is 3.81. The van der Waals surface area contributed by atoms with Gasteiger partial charge >= 0.3 is 5.97 Å². The van der Waals surface area contributed by atoms with Crippen molar-refractivity contribution in [2.75, 3.05) is 7.11 Å². The van der Waals surface area contributed by atoms with Crippen molar-refractivity contribution in [3.05, 3.63) is 65.6 Å². The molecule has 3 aromatic rings. The second kappa shape index (κ2) is 8.18. The van der Waals surface area contributed by atoms with Crippen LogP contribution in [-0.2, 0) is 16.1 Å². The minimum absolute atomic E-state index is 0.0260. The molecule has 1 aromatic heterocycles. The van der Waals surface area contributed by atoms with Gasteiger partial charge in [-0.15, -0.1) is 0 Å². The van der Waals surface area contributed by atoms with Gasteiger partial charge in [-0.05, 0) is 36.3 Å². The van der Waals surface area contributed by atoms with Crippen molar-refractivity contribution in [1.29, 1.82) is 0 Å². The monoisotopic (exact) mass is 366 g/mol. The molecule has 0 aliphatic carbocycles. The third-order valence-electron chi connectivity index (χ3n) is 3.81. The fourth-order valence-electron chi connectivity index (χ4n) is 2.39. The molecule has 0 fully saturated rings. The zero-order chi connectivity index (χ0) is 19.2. The molecule has 0 saturated carbocycles. The van der Waals surface area contributed by atoms with E-state index in [0.717, 1.165) is 11.1 Å². The highest BCUT2D eigenvalue weighted by molar-refractivity contribution is 5.87. The number of carbonyl (C=O) groups excluding carboxylic acids is 1. The van der Waals surface area contributed by atoms with E-state index in [2.05, 4.69) is 10.1 Å². The van der Waals surface area contributed by atoms with Gasteiger partial charge in [0.2, 0.25) is 5.82 Å². The van der Waals surface area contributed by atoms with Gasteiger partial charge in [-0.25, -0.2) is 4.79 Å². The number of nitrogens with zero attached hydrogens (tertiary/aromatic N) is 2. The summed E-state index contributed by atoms with van der Waals surface area (Å²) in [6.07, 6.45) is 2.82. The number of benzene rings is 2. The maximum atomic E-state index is 11.9. The third kappa shape index (κ3) is 4.52. The van der Waals surface area contributed by atoms with E-state index in [9.17, 15) is 9.90 Å². The summed E-state index contributed by atoms with van der Waals surface area (Å²) in [6, 6.07) is 12.4. The quantitative estimate of drug-likeness (QED) is 0.527. The Morgan fingerprint density at radius 1 is 1.26 bits per heavy atom. The van der Waals surface area contributed by atoms with Gasteiger partial charge in [0, 0.05) is 11.6 Å². The van der Waals surface area contributed by atoms with Gasteiger partial charge in [0.25, 0.3) is 5.89 Å². The molecule has 0 bridgehead atoms. The van der Waals surface area contributed by atoms with Gasteiger partial charge in [0.05, 0.1) is 7.11 Å². The maximum Gasteiger partial charge on any atom is 0.331 e. The van der Waals surface area contributed by atoms with Crippen molar-refractivity contribution in [2.24, 2.45) is 0 Å². The molecule has 7 nitrogen and oxygen atoms in total. The molecule has 27 heavy (non-hydrogen) atoms. The lowest BCUT2D eigenvalue weighted by Gasteiger charge is -2.03. The Morgan fingerprint density at radius 2 is 2.07 bits per heavy atom. The Balaban J connectivity index is 1.59. The van der Waals surface area contributed by atoms with Crippen LogP contribution in [0.4, 0.5) is 0 Å². The number of phenols is 1. The first-order valence-electron chi connectivity index (χ1n) is 8.17. The molecular weight excluding hydrogens is 348 g/mol. The molecule has 0 spiro atoms.